The van der Waals surface area contributed by atoms with Gasteiger partial charge < -0.3 is 15.4 Å². The molecule has 0 saturated heterocycles. The van der Waals surface area contributed by atoms with Crippen LogP contribution in [0, 0.1) is 0 Å². The highest BCUT2D eigenvalue weighted by Gasteiger charge is 2.14. The quantitative estimate of drug-likeness (QED) is 0.858. The van der Waals surface area contributed by atoms with Crippen molar-refractivity contribution in [1.82, 2.24) is 10.3 Å². The van der Waals surface area contributed by atoms with Gasteiger partial charge in [-0.3, -0.25) is 9.59 Å². The van der Waals surface area contributed by atoms with Crippen LogP contribution in [0.5, 0.6) is 5.88 Å². The SMILES string of the molecule is CCNC(=O)c1cccc(NC(=O)c2cccnc2OCC)c1. The Labute approximate surface area is 134 Å². The lowest BCUT2D eigenvalue weighted by Crippen LogP contribution is -2.22. The lowest BCUT2D eigenvalue weighted by molar-refractivity contribution is 0.0954. The van der Waals surface area contributed by atoms with Gasteiger partial charge in [0.05, 0.1) is 6.61 Å². The van der Waals surface area contributed by atoms with Crippen LogP contribution in [-0.2, 0) is 0 Å². The van der Waals surface area contributed by atoms with Gasteiger partial charge in [-0.1, -0.05) is 6.07 Å². The number of carbonyl (C=O) groups is 2. The number of carbonyl (C=O) groups excluding carboxylic acids is 2. The fourth-order valence-corrected chi connectivity index (χ4v) is 2.01. The number of hydrogen-bond donors (Lipinski definition) is 2. The Bertz CT molecular complexity index is 701. The summed E-state index contributed by atoms with van der Waals surface area (Å²) >= 11 is 0. The number of hydrogen-bond acceptors (Lipinski definition) is 4. The topological polar surface area (TPSA) is 80.3 Å². The van der Waals surface area contributed by atoms with Crippen LogP contribution in [0.2, 0.25) is 0 Å². The number of amides is 2. The number of nitrogens with one attached hydrogen (secondary N) is 2. The van der Waals surface area contributed by atoms with Crippen LogP contribution < -0.4 is 15.4 Å². The second-order valence-electron chi connectivity index (χ2n) is 4.68. The van der Waals surface area contributed by atoms with Gasteiger partial charge in [0.2, 0.25) is 5.88 Å². The molecule has 2 amide bonds. The number of anilines is 1. The molecule has 0 unspecified atom stereocenters. The highest BCUT2D eigenvalue weighted by molar-refractivity contribution is 6.06. The molecule has 0 aliphatic rings. The van der Waals surface area contributed by atoms with Crippen LogP contribution in [0.1, 0.15) is 34.6 Å². The Morgan fingerprint density at radius 2 is 1.96 bits per heavy atom. The van der Waals surface area contributed by atoms with Crippen molar-refractivity contribution in [2.75, 3.05) is 18.5 Å². The van der Waals surface area contributed by atoms with E-state index in [0.717, 1.165) is 0 Å². The second-order valence-corrected chi connectivity index (χ2v) is 4.68. The zero-order chi connectivity index (χ0) is 16.7. The molecule has 0 bridgehead atoms. The average Bonchev–Trinajstić information content (AvgIpc) is 2.56. The molecule has 0 fully saturated rings. The van der Waals surface area contributed by atoms with Crippen molar-refractivity contribution in [3.8, 4) is 5.88 Å². The van der Waals surface area contributed by atoms with E-state index in [1.54, 1.807) is 42.6 Å². The fourth-order valence-electron chi connectivity index (χ4n) is 2.01. The Hall–Kier alpha value is -2.89. The van der Waals surface area contributed by atoms with Gasteiger partial charge in [-0.15, -0.1) is 0 Å². The third-order valence-corrected chi connectivity index (χ3v) is 3.02. The van der Waals surface area contributed by atoms with Gasteiger partial charge in [-0.2, -0.15) is 0 Å². The van der Waals surface area contributed by atoms with Crippen LogP contribution in [0.15, 0.2) is 42.6 Å². The van der Waals surface area contributed by atoms with Crippen LogP contribution in [0.25, 0.3) is 0 Å². The average molecular weight is 313 g/mol. The number of nitrogens with zero attached hydrogens (tertiary/aromatic N) is 1. The number of rotatable bonds is 6. The molecular formula is C17H19N3O3. The van der Waals surface area contributed by atoms with Gasteiger partial charge in [0, 0.05) is 24.0 Å². The maximum Gasteiger partial charge on any atom is 0.261 e. The van der Waals surface area contributed by atoms with Crippen LogP contribution in [0.4, 0.5) is 5.69 Å². The first-order valence-corrected chi connectivity index (χ1v) is 7.43. The van der Waals surface area contributed by atoms with Crippen molar-refractivity contribution in [3.63, 3.8) is 0 Å². The van der Waals surface area contributed by atoms with E-state index in [4.69, 9.17) is 4.74 Å². The molecule has 23 heavy (non-hydrogen) atoms. The van der Waals surface area contributed by atoms with Crippen molar-refractivity contribution in [2.45, 2.75) is 13.8 Å². The van der Waals surface area contributed by atoms with E-state index in [-0.39, 0.29) is 17.7 Å². The molecule has 6 nitrogen and oxygen atoms in total. The summed E-state index contributed by atoms with van der Waals surface area (Å²) in [6.45, 7) is 4.64. The molecule has 120 valence electrons. The predicted octanol–water partition coefficient (Wildman–Crippen LogP) is 2.48. The van der Waals surface area contributed by atoms with Crippen LogP contribution in [0.3, 0.4) is 0 Å². The van der Waals surface area contributed by atoms with E-state index in [1.165, 1.54) is 0 Å². The molecule has 1 aromatic carbocycles. The molecule has 6 heteroatoms. The third kappa shape index (κ3) is 4.29. The Balaban J connectivity index is 2.18. The maximum atomic E-state index is 12.4. The Morgan fingerprint density at radius 3 is 2.70 bits per heavy atom. The van der Waals surface area contributed by atoms with E-state index in [0.29, 0.717) is 30.0 Å². The van der Waals surface area contributed by atoms with E-state index in [2.05, 4.69) is 15.6 Å². The first-order chi connectivity index (χ1) is 11.2. The Morgan fingerprint density at radius 1 is 1.13 bits per heavy atom. The van der Waals surface area contributed by atoms with E-state index >= 15 is 0 Å². The van der Waals surface area contributed by atoms with E-state index < -0.39 is 0 Å². The van der Waals surface area contributed by atoms with Gasteiger partial charge in [-0.25, -0.2) is 4.98 Å². The molecule has 0 saturated carbocycles. The van der Waals surface area contributed by atoms with Gasteiger partial charge in [0.1, 0.15) is 5.56 Å². The summed E-state index contributed by atoms with van der Waals surface area (Å²) in [7, 11) is 0. The Kier molecular flexibility index (Phi) is 5.68. The standard InChI is InChI=1S/C17H19N3O3/c1-3-18-15(21)12-7-5-8-13(11-12)20-16(22)14-9-6-10-19-17(14)23-4-2/h5-11H,3-4H2,1-2H3,(H,18,21)(H,20,22). The zero-order valence-corrected chi connectivity index (χ0v) is 13.1. The number of aromatic nitrogens is 1. The van der Waals surface area contributed by atoms with Gasteiger partial charge in [-0.05, 0) is 44.2 Å². The maximum absolute atomic E-state index is 12.4. The third-order valence-electron chi connectivity index (χ3n) is 3.02. The predicted molar refractivity (Wildman–Crippen MR) is 87.8 cm³/mol. The zero-order valence-electron chi connectivity index (χ0n) is 13.1. The molecule has 0 radical (unpaired) electrons. The first-order valence-electron chi connectivity index (χ1n) is 7.43. The summed E-state index contributed by atoms with van der Waals surface area (Å²) in [5, 5.41) is 5.47. The monoisotopic (exact) mass is 313 g/mol. The minimum atomic E-state index is -0.338. The lowest BCUT2D eigenvalue weighted by Gasteiger charge is -2.10. The molecular weight excluding hydrogens is 294 g/mol. The van der Waals surface area contributed by atoms with Crippen molar-refractivity contribution in [2.24, 2.45) is 0 Å². The number of ether oxygens (including phenoxy) is 1. The molecule has 2 aromatic rings. The van der Waals surface area contributed by atoms with Crippen molar-refractivity contribution in [1.29, 1.82) is 0 Å². The summed E-state index contributed by atoms with van der Waals surface area (Å²) in [4.78, 5) is 28.3. The molecule has 2 rings (SSSR count). The summed E-state index contributed by atoms with van der Waals surface area (Å²) in [5.41, 5.74) is 1.36. The molecule has 0 spiro atoms. The van der Waals surface area contributed by atoms with Crippen molar-refractivity contribution in [3.05, 3.63) is 53.7 Å². The lowest BCUT2D eigenvalue weighted by atomic mass is 10.1. The second kappa shape index (κ2) is 7.93. The minimum absolute atomic E-state index is 0.181. The highest BCUT2D eigenvalue weighted by atomic mass is 16.5. The van der Waals surface area contributed by atoms with Crippen LogP contribution >= 0.6 is 0 Å². The van der Waals surface area contributed by atoms with Gasteiger partial charge in [0.15, 0.2) is 0 Å². The smallest absolute Gasteiger partial charge is 0.261 e. The van der Waals surface area contributed by atoms with E-state index in [9.17, 15) is 9.59 Å². The summed E-state index contributed by atoms with van der Waals surface area (Å²) in [6.07, 6.45) is 1.57. The normalized spacial score (nSPS) is 10.0. The van der Waals surface area contributed by atoms with Crippen molar-refractivity contribution < 1.29 is 14.3 Å². The van der Waals surface area contributed by atoms with Crippen molar-refractivity contribution >= 4 is 17.5 Å². The fraction of sp³-hybridized carbons (Fsp3) is 0.235. The molecule has 0 atom stereocenters. The number of pyridine rings is 1. The minimum Gasteiger partial charge on any atom is -0.477 e. The molecule has 0 aliphatic carbocycles. The molecule has 1 aromatic heterocycles. The summed E-state index contributed by atoms with van der Waals surface area (Å²) in [6, 6.07) is 10.1. The largest absolute Gasteiger partial charge is 0.477 e. The molecule has 2 N–H and O–H groups in total. The summed E-state index contributed by atoms with van der Waals surface area (Å²) in [5.74, 6) is -0.234. The van der Waals surface area contributed by atoms with Gasteiger partial charge >= 0.3 is 0 Å². The van der Waals surface area contributed by atoms with Crippen LogP contribution in [-0.4, -0.2) is 29.9 Å². The highest BCUT2D eigenvalue weighted by Crippen LogP contribution is 2.17. The van der Waals surface area contributed by atoms with E-state index in [1.807, 2.05) is 13.8 Å². The first kappa shape index (κ1) is 16.5. The summed E-state index contributed by atoms with van der Waals surface area (Å²) < 4.78 is 5.35. The molecule has 0 aliphatic heterocycles. The number of benzene rings is 1. The molecule has 1 heterocycles. The van der Waals surface area contributed by atoms with Gasteiger partial charge in [0.25, 0.3) is 11.8 Å².